The fraction of sp³-hybridized carbons (Fsp3) is 0.500. The smallest absolute Gasteiger partial charge is 0.394 e. The van der Waals surface area contributed by atoms with Gasteiger partial charge in [-0.05, 0) is 24.0 Å². The number of benzene rings is 1. The van der Waals surface area contributed by atoms with Gasteiger partial charge in [0.2, 0.25) is 5.91 Å². The Morgan fingerprint density at radius 2 is 1.75 bits per heavy atom. The number of hydrogen-bond donors (Lipinski definition) is 2. The van der Waals surface area contributed by atoms with Gasteiger partial charge in [-0.2, -0.15) is 13.2 Å². The lowest BCUT2D eigenvalue weighted by Crippen LogP contribution is -2.39. The molecule has 1 atom stereocenters. The van der Waals surface area contributed by atoms with Gasteiger partial charge in [-0.1, -0.05) is 26.0 Å². The average Bonchev–Trinajstić information content (AvgIpc) is 2.44. The number of thioether (sulfide) groups is 1. The molecule has 0 aliphatic rings. The molecule has 0 bridgehead atoms. The number of hydrogen-bond acceptors (Lipinski definition) is 3. The molecule has 0 fully saturated rings. The van der Waals surface area contributed by atoms with Gasteiger partial charge < -0.3 is 10.4 Å². The molecule has 2 N–H and O–H groups in total. The zero-order chi connectivity index (χ0) is 18.5. The number of aliphatic carboxylic acids is 1. The number of amides is 1. The third-order valence-electron chi connectivity index (χ3n) is 3.60. The minimum Gasteiger partial charge on any atom is -0.481 e. The summed E-state index contributed by atoms with van der Waals surface area (Å²) in [5.74, 6) is -1.98. The summed E-state index contributed by atoms with van der Waals surface area (Å²) in [6.07, 6.45) is -3.82. The van der Waals surface area contributed by atoms with E-state index in [1.165, 1.54) is 11.8 Å². The fourth-order valence-electron chi connectivity index (χ4n) is 2.01. The van der Waals surface area contributed by atoms with Crippen LogP contribution in [0.1, 0.15) is 38.3 Å². The van der Waals surface area contributed by atoms with Crippen molar-refractivity contribution in [1.29, 1.82) is 0 Å². The summed E-state index contributed by atoms with van der Waals surface area (Å²) in [5.41, 5.74) is -1.65. The second-order valence-corrected chi connectivity index (χ2v) is 6.93. The van der Waals surface area contributed by atoms with Gasteiger partial charge in [0.25, 0.3) is 0 Å². The normalized spacial score (nSPS) is 13.4. The Labute approximate surface area is 142 Å². The maximum Gasteiger partial charge on any atom is 0.394 e. The molecule has 24 heavy (non-hydrogen) atoms. The van der Waals surface area contributed by atoms with Crippen LogP contribution in [0.25, 0.3) is 0 Å². The first kappa shape index (κ1) is 20.3. The molecule has 0 saturated carbocycles. The Balaban J connectivity index is 2.89. The molecule has 0 radical (unpaired) electrons. The molecule has 1 rings (SSSR count). The second-order valence-electron chi connectivity index (χ2n) is 6.05. The lowest BCUT2D eigenvalue weighted by atomic mass is 9.88. The van der Waals surface area contributed by atoms with Crippen molar-refractivity contribution in [3.63, 3.8) is 0 Å². The highest BCUT2D eigenvalue weighted by molar-refractivity contribution is 7.98. The molecule has 4 nitrogen and oxygen atoms in total. The molecule has 0 aliphatic heterocycles. The average molecular weight is 363 g/mol. The number of alkyl halides is 3. The maximum absolute atomic E-state index is 12.9. The summed E-state index contributed by atoms with van der Waals surface area (Å²) in [4.78, 5) is 23.9. The van der Waals surface area contributed by atoms with E-state index in [1.54, 1.807) is 24.3 Å². The van der Waals surface area contributed by atoms with E-state index in [0.29, 0.717) is 5.56 Å². The van der Waals surface area contributed by atoms with Gasteiger partial charge in [0.15, 0.2) is 0 Å². The van der Waals surface area contributed by atoms with E-state index in [-0.39, 0.29) is 0 Å². The molecule has 8 heteroatoms. The van der Waals surface area contributed by atoms with Gasteiger partial charge in [0.05, 0.1) is 17.9 Å². The van der Waals surface area contributed by atoms with Gasteiger partial charge in [-0.15, -0.1) is 11.8 Å². The van der Waals surface area contributed by atoms with E-state index in [0.717, 1.165) is 18.7 Å². The van der Waals surface area contributed by atoms with Crippen molar-refractivity contribution in [2.75, 3.05) is 6.26 Å². The molecule has 0 spiro atoms. The number of rotatable bonds is 7. The predicted molar refractivity (Wildman–Crippen MR) is 85.8 cm³/mol. The zero-order valence-electron chi connectivity index (χ0n) is 13.6. The Morgan fingerprint density at radius 1 is 1.21 bits per heavy atom. The highest BCUT2D eigenvalue weighted by Gasteiger charge is 2.48. The Bertz CT molecular complexity index is 585. The summed E-state index contributed by atoms with van der Waals surface area (Å²) >= 11 is 1.50. The fourth-order valence-corrected chi connectivity index (χ4v) is 2.42. The van der Waals surface area contributed by atoms with Crippen LogP contribution in [0.4, 0.5) is 13.2 Å². The number of carbonyl (C=O) groups excluding carboxylic acids is 1. The predicted octanol–water partition coefficient (Wildman–Crippen LogP) is 4.02. The van der Waals surface area contributed by atoms with Crippen LogP contribution in [0.2, 0.25) is 0 Å². The second kappa shape index (κ2) is 7.92. The largest absolute Gasteiger partial charge is 0.481 e. The number of carbonyl (C=O) groups is 2. The summed E-state index contributed by atoms with van der Waals surface area (Å²) in [7, 11) is 0. The van der Waals surface area contributed by atoms with Gasteiger partial charge in [0.1, 0.15) is 0 Å². The SMILES string of the molecule is CSc1ccc(C(CC(=O)O)NC(=O)CC(C)(C)C(F)(F)F)cc1. The molecule has 1 aromatic carbocycles. The summed E-state index contributed by atoms with van der Waals surface area (Å²) in [6, 6.07) is 5.97. The van der Waals surface area contributed by atoms with Crippen LogP contribution in [-0.4, -0.2) is 29.4 Å². The highest BCUT2D eigenvalue weighted by Crippen LogP contribution is 2.40. The topological polar surface area (TPSA) is 66.4 Å². The Morgan fingerprint density at radius 3 is 2.17 bits per heavy atom. The highest BCUT2D eigenvalue weighted by atomic mass is 32.2. The molecule has 0 aromatic heterocycles. The summed E-state index contributed by atoms with van der Waals surface area (Å²) in [5, 5.41) is 11.4. The molecule has 1 aromatic rings. The number of carboxylic acid groups (broad SMARTS) is 1. The van der Waals surface area contributed by atoms with E-state index in [9.17, 15) is 22.8 Å². The van der Waals surface area contributed by atoms with Crippen molar-refractivity contribution < 1.29 is 27.9 Å². The quantitative estimate of drug-likeness (QED) is 0.718. The van der Waals surface area contributed by atoms with Crippen LogP contribution in [0.5, 0.6) is 0 Å². The Hall–Kier alpha value is -1.70. The standard InChI is InChI=1S/C16H20F3NO3S/c1-15(2,16(17,18)19)9-13(21)20-12(8-14(22)23)10-4-6-11(24-3)7-5-10/h4-7,12H,8-9H2,1-3H3,(H,20,21)(H,22,23). The first-order chi connectivity index (χ1) is 11.0. The third kappa shape index (κ3) is 5.74. The van der Waals surface area contributed by atoms with Gasteiger partial charge in [-0.3, -0.25) is 9.59 Å². The van der Waals surface area contributed by atoms with E-state index in [1.807, 2.05) is 6.26 Å². The van der Waals surface area contributed by atoms with E-state index in [2.05, 4.69) is 5.32 Å². The maximum atomic E-state index is 12.9. The van der Waals surface area contributed by atoms with Crippen molar-refractivity contribution in [3.8, 4) is 0 Å². The summed E-state index contributed by atoms with van der Waals surface area (Å²) in [6.45, 7) is 1.87. The van der Waals surface area contributed by atoms with E-state index < -0.39 is 42.4 Å². The van der Waals surface area contributed by atoms with E-state index >= 15 is 0 Å². The van der Waals surface area contributed by atoms with Crippen LogP contribution in [0.3, 0.4) is 0 Å². The number of carboxylic acids is 1. The molecule has 1 unspecified atom stereocenters. The minimum atomic E-state index is -4.52. The molecule has 0 heterocycles. The first-order valence-electron chi connectivity index (χ1n) is 7.18. The van der Waals surface area contributed by atoms with Crippen molar-refractivity contribution in [2.24, 2.45) is 5.41 Å². The van der Waals surface area contributed by atoms with Crippen LogP contribution in [-0.2, 0) is 9.59 Å². The van der Waals surface area contributed by atoms with Crippen LogP contribution < -0.4 is 5.32 Å². The van der Waals surface area contributed by atoms with Gasteiger partial charge in [0, 0.05) is 11.3 Å². The summed E-state index contributed by atoms with van der Waals surface area (Å²) < 4.78 is 38.6. The Kier molecular flexibility index (Phi) is 6.71. The molecule has 134 valence electrons. The van der Waals surface area contributed by atoms with Crippen molar-refractivity contribution in [3.05, 3.63) is 29.8 Å². The molecule has 1 amide bonds. The number of nitrogens with one attached hydrogen (secondary N) is 1. The van der Waals surface area contributed by atoms with Crippen LogP contribution >= 0.6 is 11.8 Å². The van der Waals surface area contributed by atoms with Gasteiger partial charge >= 0.3 is 12.1 Å². The van der Waals surface area contributed by atoms with E-state index in [4.69, 9.17) is 5.11 Å². The van der Waals surface area contributed by atoms with Crippen molar-refractivity contribution >= 4 is 23.6 Å². The third-order valence-corrected chi connectivity index (χ3v) is 4.35. The van der Waals surface area contributed by atoms with Crippen LogP contribution in [0, 0.1) is 5.41 Å². The van der Waals surface area contributed by atoms with Crippen molar-refractivity contribution in [2.45, 2.75) is 43.8 Å². The molecular formula is C16H20F3NO3S. The first-order valence-corrected chi connectivity index (χ1v) is 8.40. The van der Waals surface area contributed by atoms with Gasteiger partial charge in [-0.25, -0.2) is 0 Å². The number of halogens is 3. The minimum absolute atomic E-state index is 0.406. The molecule has 0 aliphatic carbocycles. The van der Waals surface area contributed by atoms with Crippen molar-refractivity contribution in [1.82, 2.24) is 5.32 Å². The lowest BCUT2D eigenvalue weighted by Gasteiger charge is -2.28. The monoisotopic (exact) mass is 363 g/mol. The van der Waals surface area contributed by atoms with Crippen LogP contribution in [0.15, 0.2) is 29.2 Å². The molecular weight excluding hydrogens is 343 g/mol. The molecule has 0 saturated heterocycles. The lowest BCUT2D eigenvalue weighted by molar-refractivity contribution is -0.213. The zero-order valence-corrected chi connectivity index (χ0v) is 14.4.